The number of β-lactam (4-membered cyclic amide) rings is 1. The first kappa shape index (κ1) is 19.2. The first-order chi connectivity index (χ1) is 15.2. The Morgan fingerprint density at radius 2 is 1.52 bits per heavy atom. The largest absolute Gasteiger partial charge is 0.508 e. The molecule has 1 fully saturated rings. The third kappa shape index (κ3) is 3.40. The SMILES string of the molecule is COc1ccc([C@@H]2[C@@H](Cc3cc4ccccc4cc3O)C(=O)N2c2ccccc2)cc1. The number of aromatic hydroxyl groups is 1. The van der Waals surface area contributed by atoms with E-state index in [4.69, 9.17) is 4.74 Å². The van der Waals surface area contributed by atoms with Crippen LogP contribution in [0.5, 0.6) is 11.5 Å². The molecule has 0 aliphatic carbocycles. The molecular weight excluding hydrogens is 386 g/mol. The average molecular weight is 409 g/mol. The van der Waals surface area contributed by atoms with Crippen molar-refractivity contribution in [1.82, 2.24) is 0 Å². The van der Waals surface area contributed by atoms with Gasteiger partial charge in [0.05, 0.1) is 19.1 Å². The van der Waals surface area contributed by atoms with Crippen LogP contribution in [0.3, 0.4) is 0 Å². The predicted molar refractivity (Wildman–Crippen MR) is 122 cm³/mol. The van der Waals surface area contributed by atoms with Gasteiger partial charge in [-0.1, -0.05) is 54.6 Å². The van der Waals surface area contributed by atoms with Gasteiger partial charge in [-0.15, -0.1) is 0 Å². The summed E-state index contributed by atoms with van der Waals surface area (Å²) >= 11 is 0. The van der Waals surface area contributed by atoms with Crippen LogP contribution in [0.1, 0.15) is 17.2 Å². The maximum atomic E-state index is 13.3. The summed E-state index contributed by atoms with van der Waals surface area (Å²) in [4.78, 5) is 15.1. The molecule has 0 saturated carbocycles. The van der Waals surface area contributed by atoms with E-state index in [1.807, 2.05) is 89.8 Å². The van der Waals surface area contributed by atoms with Crippen LogP contribution in [-0.4, -0.2) is 18.1 Å². The Labute approximate surface area is 181 Å². The Morgan fingerprint density at radius 1 is 0.871 bits per heavy atom. The number of methoxy groups -OCH3 is 1. The van der Waals surface area contributed by atoms with Crippen molar-refractivity contribution in [2.45, 2.75) is 12.5 Å². The van der Waals surface area contributed by atoms with Gasteiger partial charge in [0.2, 0.25) is 5.91 Å². The van der Waals surface area contributed by atoms with E-state index in [2.05, 4.69) is 0 Å². The van der Waals surface area contributed by atoms with Crippen molar-refractivity contribution in [3.05, 3.63) is 102 Å². The third-order valence-electron chi connectivity index (χ3n) is 6.09. The lowest BCUT2D eigenvalue weighted by Gasteiger charge is -2.47. The lowest BCUT2D eigenvalue weighted by Crippen LogP contribution is -2.56. The van der Waals surface area contributed by atoms with Crippen LogP contribution in [0, 0.1) is 5.92 Å². The topological polar surface area (TPSA) is 49.8 Å². The smallest absolute Gasteiger partial charge is 0.233 e. The van der Waals surface area contributed by atoms with E-state index in [0.717, 1.165) is 33.3 Å². The molecule has 0 unspecified atom stereocenters. The van der Waals surface area contributed by atoms with Crippen LogP contribution in [-0.2, 0) is 11.2 Å². The minimum Gasteiger partial charge on any atom is -0.508 e. The molecule has 1 aliphatic heterocycles. The highest BCUT2D eigenvalue weighted by Crippen LogP contribution is 2.46. The highest BCUT2D eigenvalue weighted by Gasteiger charge is 2.48. The number of fused-ring (bicyclic) bond motifs is 1. The Bertz CT molecular complexity index is 1230. The molecular formula is C27H23NO3. The molecule has 0 bridgehead atoms. The normalized spacial score (nSPS) is 18.1. The summed E-state index contributed by atoms with van der Waals surface area (Å²) in [5, 5.41) is 12.7. The van der Waals surface area contributed by atoms with Crippen molar-refractivity contribution in [3.63, 3.8) is 0 Å². The van der Waals surface area contributed by atoms with Gasteiger partial charge in [-0.25, -0.2) is 0 Å². The molecule has 0 aromatic heterocycles. The zero-order valence-electron chi connectivity index (χ0n) is 17.2. The molecule has 1 amide bonds. The molecule has 2 atom stereocenters. The number of nitrogens with zero attached hydrogens (tertiary/aromatic N) is 1. The van der Waals surface area contributed by atoms with Crippen molar-refractivity contribution in [3.8, 4) is 11.5 Å². The summed E-state index contributed by atoms with van der Waals surface area (Å²) in [5.74, 6) is 0.836. The van der Waals surface area contributed by atoms with Crippen molar-refractivity contribution >= 4 is 22.4 Å². The molecule has 0 spiro atoms. The van der Waals surface area contributed by atoms with Gasteiger partial charge < -0.3 is 14.7 Å². The Balaban J connectivity index is 1.52. The Hall–Kier alpha value is -3.79. The monoisotopic (exact) mass is 409 g/mol. The summed E-state index contributed by atoms with van der Waals surface area (Å²) in [7, 11) is 1.64. The predicted octanol–water partition coefficient (Wildman–Crippen LogP) is 5.50. The zero-order chi connectivity index (χ0) is 21.4. The molecule has 0 radical (unpaired) electrons. The van der Waals surface area contributed by atoms with E-state index in [1.54, 1.807) is 13.2 Å². The van der Waals surface area contributed by atoms with Gasteiger partial charge in [0, 0.05) is 5.69 Å². The van der Waals surface area contributed by atoms with E-state index in [-0.39, 0.29) is 23.6 Å². The van der Waals surface area contributed by atoms with Gasteiger partial charge in [0.1, 0.15) is 11.5 Å². The van der Waals surface area contributed by atoms with Gasteiger partial charge in [-0.3, -0.25) is 4.79 Å². The van der Waals surface area contributed by atoms with Gasteiger partial charge in [-0.05, 0) is 64.7 Å². The van der Waals surface area contributed by atoms with Crippen molar-refractivity contribution in [2.24, 2.45) is 5.92 Å². The summed E-state index contributed by atoms with van der Waals surface area (Å²) in [5.41, 5.74) is 2.73. The second-order valence-electron chi connectivity index (χ2n) is 7.90. The van der Waals surface area contributed by atoms with Crippen molar-refractivity contribution in [2.75, 3.05) is 12.0 Å². The summed E-state index contributed by atoms with van der Waals surface area (Å²) in [6.45, 7) is 0. The number of para-hydroxylation sites is 1. The number of carbonyl (C=O) groups is 1. The minimum atomic E-state index is -0.249. The first-order valence-corrected chi connectivity index (χ1v) is 10.4. The Morgan fingerprint density at radius 3 is 2.19 bits per heavy atom. The van der Waals surface area contributed by atoms with Crippen molar-refractivity contribution in [1.29, 1.82) is 0 Å². The summed E-state index contributed by atoms with van der Waals surface area (Å²) in [6.07, 6.45) is 0.482. The maximum absolute atomic E-state index is 13.3. The lowest BCUT2D eigenvalue weighted by molar-refractivity contribution is -0.130. The highest BCUT2D eigenvalue weighted by molar-refractivity contribution is 6.03. The first-order valence-electron chi connectivity index (χ1n) is 10.4. The Kier molecular flexibility index (Phi) is 4.83. The molecule has 1 saturated heterocycles. The zero-order valence-corrected chi connectivity index (χ0v) is 17.2. The van der Waals surface area contributed by atoms with Gasteiger partial charge in [-0.2, -0.15) is 0 Å². The van der Waals surface area contributed by atoms with Crippen LogP contribution >= 0.6 is 0 Å². The number of ether oxygens (including phenoxy) is 1. The molecule has 31 heavy (non-hydrogen) atoms. The van der Waals surface area contributed by atoms with Crippen LogP contribution in [0.15, 0.2) is 91.0 Å². The highest BCUT2D eigenvalue weighted by atomic mass is 16.5. The van der Waals surface area contributed by atoms with E-state index >= 15 is 0 Å². The molecule has 4 nitrogen and oxygen atoms in total. The van der Waals surface area contributed by atoms with Crippen LogP contribution in [0.2, 0.25) is 0 Å². The lowest BCUT2D eigenvalue weighted by atomic mass is 9.77. The summed E-state index contributed by atoms with van der Waals surface area (Å²) < 4.78 is 5.30. The van der Waals surface area contributed by atoms with Gasteiger partial charge >= 0.3 is 0 Å². The molecule has 4 aromatic rings. The van der Waals surface area contributed by atoms with Crippen LogP contribution in [0.25, 0.3) is 10.8 Å². The number of hydrogen-bond acceptors (Lipinski definition) is 3. The van der Waals surface area contributed by atoms with Gasteiger partial charge in [0.25, 0.3) is 0 Å². The number of anilines is 1. The molecule has 1 N–H and O–H groups in total. The second kappa shape index (κ2) is 7.80. The number of rotatable bonds is 5. The number of benzene rings is 4. The minimum absolute atomic E-state index is 0.0691. The van der Waals surface area contributed by atoms with E-state index in [0.29, 0.717) is 6.42 Å². The molecule has 4 aromatic carbocycles. The summed E-state index contributed by atoms with van der Waals surface area (Å²) in [6, 6.07) is 29.2. The quantitative estimate of drug-likeness (QED) is 0.443. The molecule has 4 heteroatoms. The third-order valence-corrected chi connectivity index (χ3v) is 6.09. The fourth-order valence-electron chi connectivity index (χ4n) is 4.48. The van der Waals surface area contributed by atoms with Gasteiger partial charge in [0.15, 0.2) is 0 Å². The molecule has 154 valence electrons. The number of amides is 1. The van der Waals surface area contributed by atoms with Crippen molar-refractivity contribution < 1.29 is 14.6 Å². The number of hydrogen-bond donors (Lipinski definition) is 1. The standard InChI is InChI=1S/C27H23NO3/c1-31-23-13-11-18(12-14-23)26-24(27(30)28(26)22-9-3-2-4-10-22)16-21-15-19-7-5-6-8-20(19)17-25(21)29/h2-15,17,24,26,29H,16H2,1H3/t24-,26-/m1/s1. The fraction of sp³-hybridized carbons (Fsp3) is 0.148. The molecule has 1 heterocycles. The molecule has 1 aliphatic rings. The van der Waals surface area contributed by atoms with E-state index in [9.17, 15) is 9.90 Å². The number of phenolic OH excluding ortho intramolecular Hbond substituents is 1. The van der Waals surface area contributed by atoms with Crippen LogP contribution in [0.4, 0.5) is 5.69 Å². The maximum Gasteiger partial charge on any atom is 0.233 e. The number of carbonyl (C=O) groups excluding carboxylic acids is 1. The fourth-order valence-corrected chi connectivity index (χ4v) is 4.48. The average Bonchev–Trinajstić information content (AvgIpc) is 2.81. The number of phenols is 1. The molecule has 5 rings (SSSR count). The second-order valence-corrected chi connectivity index (χ2v) is 7.90. The van der Waals surface area contributed by atoms with E-state index in [1.165, 1.54) is 0 Å². The van der Waals surface area contributed by atoms with E-state index < -0.39 is 0 Å². The van der Waals surface area contributed by atoms with Crippen LogP contribution < -0.4 is 9.64 Å².